The van der Waals surface area contributed by atoms with Gasteiger partial charge >= 0.3 is 6.09 Å². The molecule has 41 heavy (non-hydrogen) atoms. The number of benzene rings is 3. The monoisotopic (exact) mass is 557 g/mol. The summed E-state index contributed by atoms with van der Waals surface area (Å²) in [6.45, 7) is 13.5. The van der Waals surface area contributed by atoms with E-state index in [1.54, 1.807) is 25.7 Å². The third kappa shape index (κ3) is 8.93. The van der Waals surface area contributed by atoms with Crippen molar-refractivity contribution in [3.63, 3.8) is 0 Å². The van der Waals surface area contributed by atoms with Gasteiger partial charge in [-0.1, -0.05) is 79.2 Å². The molecule has 0 fully saturated rings. The molecule has 2 N–H and O–H groups in total. The van der Waals surface area contributed by atoms with Crippen molar-refractivity contribution in [1.82, 2.24) is 10.2 Å². The van der Waals surface area contributed by atoms with Crippen molar-refractivity contribution < 1.29 is 19.1 Å². The quantitative estimate of drug-likeness (QED) is 0.292. The summed E-state index contributed by atoms with van der Waals surface area (Å²) in [5.74, 6) is -0.671. The highest BCUT2D eigenvalue weighted by molar-refractivity contribution is 5.99. The highest BCUT2D eigenvalue weighted by Gasteiger charge is 2.37. The van der Waals surface area contributed by atoms with Crippen LogP contribution in [-0.2, 0) is 20.7 Å². The van der Waals surface area contributed by atoms with Gasteiger partial charge in [0.25, 0.3) is 5.91 Å². The van der Waals surface area contributed by atoms with Crippen LogP contribution in [0.25, 0.3) is 0 Å². The fraction of sp³-hybridized carbons (Fsp3) is 0.382. The smallest absolute Gasteiger partial charge is 0.408 e. The Morgan fingerprint density at radius 3 is 2.15 bits per heavy atom. The lowest BCUT2D eigenvalue weighted by atomic mass is 9.95. The third-order valence-corrected chi connectivity index (χ3v) is 6.70. The van der Waals surface area contributed by atoms with Crippen molar-refractivity contribution in [3.05, 3.63) is 101 Å². The zero-order valence-corrected chi connectivity index (χ0v) is 25.3. The van der Waals surface area contributed by atoms with Gasteiger partial charge in [0, 0.05) is 18.7 Å². The number of para-hydroxylation sites is 1. The molecule has 7 heteroatoms. The molecule has 3 aromatic carbocycles. The highest BCUT2D eigenvalue weighted by Crippen LogP contribution is 2.29. The van der Waals surface area contributed by atoms with Crippen LogP contribution >= 0.6 is 0 Å². The van der Waals surface area contributed by atoms with Gasteiger partial charge < -0.3 is 20.3 Å². The lowest BCUT2D eigenvalue weighted by Gasteiger charge is -2.35. The fourth-order valence-corrected chi connectivity index (χ4v) is 4.80. The van der Waals surface area contributed by atoms with Crippen molar-refractivity contribution >= 4 is 23.6 Å². The maximum Gasteiger partial charge on any atom is 0.408 e. The molecule has 0 aromatic heterocycles. The summed E-state index contributed by atoms with van der Waals surface area (Å²) >= 11 is 0. The maximum absolute atomic E-state index is 14.4. The van der Waals surface area contributed by atoms with E-state index in [1.807, 2.05) is 100 Å². The predicted octanol–water partition coefficient (Wildman–Crippen LogP) is 6.67. The van der Waals surface area contributed by atoms with E-state index in [4.69, 9.17) is 4.74 Å². The molecule has 7 nitrogen and oxygen atoms in total. The van der Waals surface area contributed by atoms with Gasteiger partial charge in [-0.2, -0.15) is 0 Å². The van der Waals surface area contributed by atoms with Gasteiger partial charge in [-0.3, -0.25) is 9.59 Å². The van der Waals surface area contributed by atoms with Crippen LogP contribution in [0.1, 0.15) is 68.0 Å². The van der Waals surface area contributed by atoms with Gasteiger partial charge in [-0.25, -0.2) is 4.79 Å². The molecule has 3 amide bonds. The van der Waals surface area contributed by atoms with E-state index in [-0.39, 0.29) is 18.2 Å². The largest absolute Gasteiger partial charge is 0.444 e. The zero-order valence-electron chi connectivity index (χ0n) is 25.3. The van der Waals surface area contributed by atoms with Crippen molar-refractivity contribution in [3.8, 4) is 0 Å². The number of anilines is 1. The summed E-state index contributed by atoms with van der Waals surface area (Å²) in [6.07, 6.45) is 0.184. The maximum atomic E-state index is 14.4. The minimum absolute atomic E-state index is 0.248. The Kier molecular flexibility index (Phi) is 10.7. The Bertz CT molecular complexity index is 1350. The van der Waals surface area contributed by atoms with E-state index >= 15 is 0 Å². The first kappa shape index (κ1) is 31.4. The minimum atomic E-state index is -0.946. The van der Waals surface area contributed by atoms with Crippen LogP contribution in [0.2, 0.25) is 0 Å². The molecule has 0 radical (unpaired) electrons. The standard InChI is InChI=1S/C34H43N3O4/c1-8-20-37(32(39)29(22-26-15-10-9-11-16-26)36-33(40)41-34(5,6)7)30(27-19-18-23(2)21-25(27)4)31(38)35-28-17-13-12-14-24(28)3/h9-19,21,29-30H,8,20,22H2,1-7H3,(H,35,38)(H,36,40). The van der Waals surface area contributed by atoms with Gasteiger partial charge in [-0.05, 0) is 76.3 Å². The molecule has 0 saturated heterocycles. The normalized spacial score (nSPS) is 12.7. The summed E-state index contributed by atoms with van der Waals surface area (Å²) in [5, 5.41) is 5.86. The Morgan fingerprint density at radius 1 is 0.878 bits per heavy atom. The number of nitrogens with one attached hydrogen (secondary N) is 2. The van der Waals surface area contributed by atoms with Crippen LogP contribution in [0.3, 0.4) is 0 Å². The number of nitrogens with zero attached hydrogens (tertiary/aromatic N) is 1. The molecule has 0 aliphatic carbocycles. The SMILES string of the molecule is CCCN(C(=O)C(Cc1ccccc1)NC(=O)OC(C)(C)C)C(C(=O)Nc1ccccc1C)c1ccc(C)cc1C. The molecule has 0 spiro atoms. The second-order valence-corrected chi connectivity index (χ2v) is 11.5. The van der Waals surface area contributed by atoms with Crippen molar-refractivity contribution in [2.24, 2.45) is 0 Å². The predicted molar refractivity (Wildman–Crippen MR) is 164 cm³/mol. The number of carbonyl (C=O) groups is 3. The number of ether oxygens (including phenoxy) is 1. The third-order valence-electron chi connectivity index (χ3n) is 6.70. The molecular formula is C34H43N3O4. The van der Waals surface area contributed by atoms with Crippen LogP contribution in [-0.4, -0.2) is 41.0 Å². The minimum Gasteiger partial charge on any atom is -0.444 e. The molecule has 0 aliphatic rings. The van der Waals surface area contributed by atoms with E-state index in [2.05, 4.69) is 10.6 Å². The van der Waals surface area contributed by atoms with Crippen LogP contribution in [0, 0.1) is 20.8 Å². The molecule has 0 bridgehead atoms. The molecular weight excluding hydrogens is 514 g/mol. The number of alkyl carbamates (subject to hydrolysis) is 1. The first-order chi connectivity index (χ1) is 19.4. The fourth-order valence-electron chi connectivity index (χ4n) is 4.80. The van der Waals surface area contributed by atoms with E-state index in [1.165, 1.54) is 0 Å². The molecule has 0 saturated carbocycles. The molecule has 0 heterocycles. The molecule has 3 aromatic rings. The lowest BCUT2D eigenvalue weighted by molar-refractivity contribution is -0.140. The number of amides is 3. The molecule has 2 unspecified atom stereocenters. The second-order valence-electron chi connectivity index (χ2n) is 11.5. The Hall–Kier alpha value is -4.13. The van der Waals surface area contributed by atoms with E-state index in [0.29, 0.717) is 18.7 Å². The number of aryl methyl sites for hydroxylation is 3. The Morgan fingerprint density at radius 2 is 1.54 bits per heavy atom. The van der Waals surface area contributed by atoms with Gasteiger partial charge in [0.1, 0.15) is 17.7 Å². The number of carbonyl (C=O) groups excluding carboxylic acids is 3. The van der Waals surface area contributed by atoms with E-state index in [9.17, 15) is 14.4 Å². The van der Waals surface area contributed by atoms with Crippen molar-refractivity contribution in [1.29, 1.82) is 0 Å². The van der Waals surface area contributed by atoms with Crippen LogP contribution in [0.5, 0.6) is 0 Å². The zero-order chi connectivity index (χ0) is 30.2. The topological polar surface area (TPSA) is 87.7 Å². The number of hydrogen-bond acceptors (Lipinski definition) is 4. The average Bonchev–Trinajstić information content (AvgIpc) is 2.89. The van der Waals surface area contributed by atoms with Gasteiger partial charge in [0.15, 0.2) is 0 Å². The summed E-state index contributed by atoms with van der Waals surface area (Å²) in [4.78, 5) is 43.0. The van der Waals surface area contributed by atoms with E-state index in [0.717, 1.165) is 27.8 Å². The highest BCUT2D eigenvalue weighted by atomic mass is 16.6. The van der Waals surface area contributed by atoms with Crippen molar-refractivity contribution in [2.45, 2.75) is 79.0 Å². The first-order valence-corrected chi connectivity index (χ1v) is 14.2. The molecule has 2 atom stereocenters. The van der Waals surface area contributed by atoms with Crippen LogP contribution in [0.15, 0.2) is 72.8 Å². The molecule has 0 aliphatic heterocycles. The summed E-state index contributed by atoms with van der Waals surface area (Å²) < 4.78 is 5.51. The van der Waals surface area contributed by atoms with E-state index < -0.39 is 23.8 Å². The van der Waals surface area contributed by atoms with Crippen LogP contribution in [0.4, 0.5) is 10.5 Å². The molecule has 218 valence electrons. The van der Waals surface area contributed by atoms with Crippen molar-refractivity contribution in [2.75, 3.05) is 11.9 Å². The summed E-state index contributed by atoms with van der Waals surface area (Å²) in [7, 11) is 0. The Balaban J connectivity index is 2.07. The second kappa shape index (κ2) is 14.0. The van der Waals surface area contributed by atoms with Crippen LogP contribution < -0.4 is 10.6 Å². The van der Waals surface area contributed by atoms with Gasteiger partial charge in [0.05, 0.1) is 0 Å². The number of hydrogen-bond donors (Lipinski definition) is 2. The first-order valence-electron chi connectivity index (χ1n) is 14.2. The lowest BCUT2D eigenvalue weighted by Crippen LogP contribution is -2.53. The Labute approximate surface area is 244 Å². The van der Waals surface area contributed by atoms with Gasteiger partial charge in [-0.15, -0.1) is 0 Å². The molecule has 3 rings (SSSR count). The average molecular weight is 558 g/mol. The number of rotatable bonds is 10. The summed E-state index contributed by atoms with van der Waals surface area (Å²) in [6, 6.07) is 21.1. The summed E-state index contributed by atoms with van der Waals surface area (Å²) in [5.41, 5.74) is 4.45. The van der Waals surface area contributed by atoms with Gasteiger partial charge in [0.2, 0.25) is 5.91 Å².